The molecule has 1 saturated heterocycles. The van der Waals surface area contributed by atoms with Crippen LogP contribution in [0.4, 0.5) is 0 Å². The molecule has 0 unspecified atom stereocenters. The first kappa shape index (κ1) is 25.4. The first-order chi connectivity index (χ1) is 18.9. The van der Waals surface area contributed by atoms with E-state index in [1.54, 1.807) is 12.1 Å². The maximum absolute atomic E-state index is 13.4. The second-order valence-corrected chi connectivity index (χ2v) is 9.09. The molecule has 5 rings (SSSR count). The second-order valence-electron chi connectivity index (χ2n) is 9.09. The van der Waals surface area contributed by atoms with E-state index < -0.39 is 17.7 Å². The van der Waals surface area contributed by atoms with Crippen LogP contribution < -0.4 is 4.74 Å². The summed E-state index contributed by atoms with van der Waals surface area (Å²) in [5, 5.41) is 19.3. The fourth-order valence-electron chi connectivity index (χ4n) is 4.88. The maximum Gasteiger partial charge on any atom is 0.335 e. The van der Waals surface area contributed by atoms with Gasteiger partial charge in [0.25, 0.3) is 11.7 Å². The molecule has 4 aromatic rings. The van der Waals surface area contributed by atoms with Gasteiger partial charge in [0.15, 0.2) is 0 Å². The molecule has 2 aromatic heterocycles. The quantitative estimate of drug-likeness (QED) is 0.213. The number of nitrogens with one attached hydrogen (secondary N) is 1. The number of nitrogens with zero attached hydrogens (tertiary/aromatic N) is 3. The number of likely N-dealkylation sites (tertiary alicyclic amines) is 1. The third-order valence-corrected chi connectivity index (χ3v) is 6.92. The fourth-order valence-corrected chi connectivity index (χ4v) is 4.88. The number of nitriles is 1. The predicted molar refractivity (Wildman–Crippen MR) is 144 cm³/mol. The Labute approximate surface area is 224 Å². The highest BCUT2D eigenvalue weighted by Gasteiger charge is 2.30. The highest BCUT2D eigenvalue weighted by Crippen LogP contribution is 2.35. The summed E-state index contributed by atoms with van der Waals surface area (Å²) in [5.41, 5.74) is 4.37. The van der Waals surface area contributed by atoms with Crippen molar-refractivity contribution in [1.29, 1.82) is 5.26 Å². The van der Waals surface area contributed by atoms with Crippen molar-refractivity contribution < 1.29 is 24.2 Å². The zero-order valence-corrected chi connectivity index (χ0v) is 21.1. The molecule has 2 aromatic carbocycles. The molecule has 0 saturated carbocycles. The van der Waals surface area contributed by atoms with Crippen molar-refractivity contribution >= 4 is 34.1 Å². The largest absolute Gasteiger partial charge is 0.494 e. The van der Waals surface area contributed by atoms with Gasteiger partial charge >= 0.3 is 5.97 Å². The molecule has 194 valence electrons. The van der Waals surface area contributed by atoms with E-state index in [4.69, 9.17) is 4.74 Å². The lowest BCUT2D eigenvalue weighted by Crippen LogP contribution is -2.40. The van der Waals surface area contributed by atoms with Crippen molar-refractivity contribution in [3.63, 3.8) is 0 Å². The highest BCUT2D eigenvalue weighted by atomic mass is 16.5. The minimum atomic E-state index is -1.04. The smallest absolute Gasteiger partial charge is 0.335 e. The number of ether oxygens (including phenoxy) is 1. The van der Waals surface area contributed by atoms with Crippen molar-refractivity contribution in [2.45, 2.75) is 12.8 Å². The molecule has 9 heteroatoms. The van der Waals surface area contributed by atoms with Gasteiger partial charge in [-0.2, -0.15) is 5.26 Å². The highest BCUT2D eigenvalue weighted by molar-refractivity contribution is 6.45. The van der Waals surface area contributed by atoms with E-state index in [-0.39, 0.29) is 11.1 Å². The van der Waals surface area contributed by atoms with Crippen molar-refractivity contribution in [1.82, 2.24) is 14.9 Å². The average Bonchev–Trinajstić information content (AvgIpc) is 3.43. The zero-order chi connectivity index (χ0) is 27.5. The maximum atomic E-state index is 13.4. The Morgan fingerprint density at radius 2 is 1.72 bits per heavy atom. The fraction of sp³-hybridized carbons (Fsp3) is 0.167. The molecule has 3 heterocycles. The summed E-state index contributed by atoms with van der Waals surface area (Å²) in [6.07, 6.45) is 3.97. The monoisotopic (exact) mass is 520 g/mol. The number of piperidine rings is 1. The van der Waals surface area contributed by atoms with Crippen LogP contribution in [0, 0.1) is 11.3 Å². The van der Waals surface area contributed by atoms with Crippen LogP contribution in [-0.4, -0.2) is 57.8 Å². The number of carbonyl (C=O) groups is 3. The summed E-state index contributed by atoms with van der Waals surface area (Å²) < 4.78 is 5.46. The number of hydrogen-bond donors (Lipinski definition) is 2. The molecule has 0 aliphatic carbocycles. The summed E-state index contributed by atoms with van der Waals surface area (Å²) in [6, 6.07) is 17.9. The third kappa shape index (κ3) is 4.76. The number of benzene rings is 2. The predicted octanol–water partition coefficient (Wildman–Crippen LogP) is 4.72. The first-order valence-electron chi connectivity index (χ1n) is 12.3. The number of carbonyl (C=O) groups excluding carboxylic acids is 2. The van der Waals surface area contributed by atoms with Gasteiger partial charge in [0.05, 0.1) is 52.7 Å². The number of allylic oxidation sites excluding steroid dienone is 1. The number of aromatic carboxylic acids is 1. The van der Waals surface area contributed by atoms with Crippen molar-refractivity contribution in [2.75, 3.05) is 20.2 Å². The first-order valence-corrected chi connectivity index (χ1v) is 12.3. The number of methoxy groups -OCH3 is 1. The number of rotatable bonds is 6. The van der Waals surface area contributed by atoms with Crippen LogP contribution in [-0.2, 0) is 4.79 Å². The summed E-state index contributed by atoms with van der Waals surface area (Å²) in [4.78, 5) is 47.0. The molecule has 0 spiro atoms. The zero-order valence-electron chi connectivity index (χ0n) is 21.1. The number of fused-ring (bicyclic) bond motifs is 1. The molecule has 0 bridgehead atoms. The summed E-state index contributed by atoms with van der Waals surface area (Å²) in [6.45, 7) is 0.667. The summed E-state index contributed by atoms with van der Waals surface area (Å²) in [5.74, 6) is -2.00. The molecule has 1 aliphatic heterocycles. The van der Waals surface area contributed by atoms with Gasteiger partial charge in [-0.25, -0.2) is 4.79 Å². The van der Waals surface area contributed by atoms with Crippen LogP contribution in [0.5, 0.6) is 5.75 Å². The third-order valence-electron chi connectivity index (χ3n) is 6.92. The minimum absolute atomic E-state index is 0.140. The van der Waals surface area contributed by atoms with E-state index in [0.717, 1.165) is 11.1 Å². The lowest BCUT2D eigenvalue weighted by Gasteiger charge is -2.28. The van der Waals surface area contributed by atoms with Crippen LogP contribution in [0.1, 0.15) is 39.1 Å². The lowest BCUT2D eigenvalue weighted by molar-refractivity contribution is -0.126. The normalized spacial score (nSPS) is 13.1. The van der Waals surface area contributed by atoms with E-state index in [0.29, 0.717) is 59.4 Å². The van der Waals surface area contributed by atoms with Crippen molar-refractivity contribution in [2.24, 2.45) is 0 Å². The summed E-state index contributed by atoms with van der Waals surface area (Å²) in [7, 11) is 1.46. The average molecular weight is 521 g/mol. The number of aromatic nitrogens is 2. The number of carboxylic acids is 1. The molecular formula is C30H24N4O5. The molecular weight excluding hydrogens is 496 g/mol. The molecule has 0 atom stereocenters. The van der Waals surface area contributed by atoms with Gasteiger partial charge < -0.3 is 19.7 Å². The standard InChI is InChI=1S/C30H24N4O5/c1-39-24-17-33-26(20-7-9-21(10-8-20)30(37)38)27-25(24)23(16-32-27)28(35)29(36)34-13-11-19(12-14-34)22(15-31)18-5-3-2-4-6-18/h2-10,16-17,32H,11-14H2,1H3,(H,37,38). The van der Waals surface area contributed by atoms with Crippen LogP contribution in [0.25, 0.3) is 27.7 Å². The number of hydrogen-bond acceptors (Lipinski definition) is 6. The Hall–Kier alpha value is -5.23. The molecule has 39 heavy (non-hydrogen) atoms. The number of aromatic amines is 1. The van der Waals surface area contributed by atoms with Gasteiger partial charge in [0.1, 0.15) is 5.75 Å². The van der Waals surface area contributed by atoms with E-state index in [1.165, 1.54) is 36.5 Å². The number of pyridine rings is 1. The Kier molecular flexibility index (Phi) is 6.93. The van der Waals surface area contributed by atoms with Gasteiger partial charge in [0.2, 0.25) is 0 Å². The van der Waals surface area contributed by atoms with Crippen LogP contribution in [0.2, 0.25) is 0 Å². The Morgan fingerprint density at radius 3 is 2.33 bits per heavy atom. The molecule has 0 radical (unpaired) electrons. The molecule has 9 nitrogen and oxygen atoms in total. The van der Waals surface area contributed by atoms with Crippen LogP contribution in [0.3, 0.4) is 0 Å². The Bertz CT molecular complexity index is 1650. The van der Waals surface area contributed by atoms with Gasteiger partial charge in [-0.1, -0.05) is 42.5 Å². The Morgan fingerprint density at radius 1 is 1.03 bits per heavy atom. The van der Waals surface area contributed by atoms with E-state index in [9.17, 15) is 24.8 Å². The van der Waals surface area contributed by atoms with Gasteiger partial charge in [-0.05, 0) is 36.1 Å². The molecule has 2 N–H and O–H groups in total. The number of amides is 1. The van der Waals surface area contributed by atoms with E-state index in [1.807, 2.05) is 30.3 Å². The number of Topliss-reactive ketones (excluding diaryl/α,β-unsaturated/α-hetero) is 1. The van der Waals surface area contributed by atoms with Gasteiger partial charge in [-0.3, -0.25) is 14.6 Å². The molecule has 1 amide bonds. The van der Waals surface area contributed by atoms with Crippen LogP contribution >= 0.6 is 0 Å². The second kappa shape index (κ2) is 10.6. The van der Waals surface area contributed by atoms with E-state index >= 15 is 0 Å². The topological polar surface area (TPSA) is 136 Å². The Balaban J connectivity index is 1.41. The summed E-state index contributed by atoms with van der Waals surface area (Å²) >= 11 is 0. The SMILES string of the molecule is COc1cnc(-c2ccc(C(=O)O)cc2)c2[nH]cc(C(=O)C(=O)N3CCC(=C(C#N)c4ccccc4)CC3)c12. The molecule has 1 fully saturated rings. The number of H-pyrrole nitrogens is 1. The van der Waals surface area contributed by atoms with E-state index in [2.05, 4.69) is 16.0 Å². The van der Waals surface area contributed by atoms with Crippen molar-refractivity contribution in [3.8, 4) is 23.1 Å². The minimum Gasteiger partial charge on any atom is -0.494 e. The van der Waals surface area contributed by atoms with Crippen molar-refractivity contribution in [3.05, 3.63) is 89.3 Å². The van der Waals surface area contributed by atoms with Crippen LogP contribution in [0.15, 0.2) is 72.6 Å². The van der Waals surface area contributed by atoms with Gasteiger partial charge in [0, 0.05) is 24.8 Å². The number of ketones is 1. The van der Waals surface area contributed by atoms with Gasteiger partial charge in [-0.15, -0.1) is 0 Å². The molecule has 1 aliphatic rings. The lowest BCUT2D eigenvalue weighted by atomic mass is 9.93. The number of carboxylic acid groups (broad SMARTS) is 1.